The quantitative estimate of drug-likeness (QED) is 0.609. The first kappa shape index (κ1) is 16.6. The Morgan fingerprint density at radius 2 is 1.60 bits per heavy atom. The van der Waals surface area contributed by atoms with E-state index in [-0.39, 0.29) is 5.91 Å². The van der Waals surface area contributed by atoms with Crippen LogP contribution in [-0.4, -0.2) is 17.9 Å². The zero-order valence-corrected chi connectivity index (χ0v) is 13.9. The van der Waals surface area contributed by atoms with Gasteiger partial charge in [0.05, 0.1) is 32.7 Å². The van der Waals surface area contributed by atoms with Crippen molar-refractivity contribution in [3.05, 3.63) is 84.2 Å². The maximum atomic E-state index is 12.6. The van der Waals surface area contributed by atoms with Crippen molar-refractivity contribution in [2.24, 2.45) is 0 Å². The van der Waals surface area contributed by atoms with Gasteiger partial charge in [-0.2, -0.15) is 0 Å². The van der Waals surface area contributed by atoms with Gasteiger partial charge in [0.1, 0.15) is 17.3 Å². The van der Waals surface area contributed by atoms with Gasteiger partial charge in [0.2, 0.25) is 5.91 Å². The summed E-state index contributed by atoms with van der Waals surface area (Å²) >= 11 is 0. The molecule has 2 aromatic heterocycles. The Bertz CT molecular complexity index is 766. The van der Waals surface area contributed by atoms with Crippen LogP contribution in [-0.2, 0) is 17.9 Å². The summed E-state index contributed by atoms with van der Waals surface area (Å²) < 4.78 is 15.8. The van der Waals surface area contributed by atoms with E-state index >= 15 is 0 Å². The van der Waals surface area contributed by atoms with Crippen LogP contribution >= 0.6 is 0 Å². The number of carbonyl (C=O) groups is 1. The van der Waals surface area contributed by atoms with Gasteiger partial charge in [-0.25, -0.2) is 0 Å². The molecule has 3 aromatic rings. The van der Waals surface area contributed by atoms with E-state index in [1.54, 1.807) is 48.8 Å². The Morgan fingerprint density at radius 3 is 2.08 bits per heavy atom. The van der Waals surface area contributed by atoms with Gasteiger partial charge in [0, 0.05) is 6.08 Å². The van der Waals surface area contributed by atoms with Gasteiger partial charge in [0.15, 0.2) is 0 Å². The van der Waals surface area contributed by atoms with Crippen molar-refractivity contribution in [1.82, 2.24) is 4.90 Å². The van der Waals surface area contributed by atoms with Crippen LogP contribution in [0.25, 0.3) is 6.08 Å². The Labute approximate surface area is 146 Å². The van der Waals surface area contributed by atoms with Crippen LogP contribution < -0.4 is 4.74 Å². The molecule has 128 valence electrons. The summed E-state index contributed by atoms with van der Waals surface area (Å²) in [7, 11) is 1.62. The fourth-order valence-corrected chi connectivity index (χ4v) is 2.38. The number of methoxy groups -OCH3 is 1. The minimum absolute atomic E-state index is 0.122. The van der Waals surface area contributed by atoms with E-state index in [0.29, 0.717) is 13.1 Å². The van der Waals surface area contributed by atoms with Crippen molar-refractivity contribution < 1.29 is 18.4 Å². The minimum Gasteiger partial charge on any atom is -0.497 e. The number of amides is 1. The number of nitrogens with zero attached hydrogens (tertiary/aromatic N) is 1. The smallest absolute Gasteiger partial charge is 0.247 e. The summed E-state index contributed by atoms with van der Waals surface area (Å²) in [5, 5.41) is 0. The van der Waals surface area contributed by atoms with Gasteiger partial charge in [-0.05, 0) is 48.0 Å². The molecule has 1 amide bonds. The molecule has 5 heteroatoms. The van der Waals surface area contributed by atoms with Gasteiger partial charge < -0.3 is 18.5 Å². The first-order valence-corrected chi connectivity index (χ1v) is 7.90. The molecule has 0 aliphatic heterocycles. The number of ether oxygens (including phenoxy) is 1. The zero-order valence-electron chi connectivity index (χ0n) is 13.9. The van der Waals surface area contributed by atoms with Crippen LogP contribution in [0.4, 0.5) is 0 Å². The summed E-state index contributed by atoms with van der Waals surface area (Å²) in [4.78, 5) is 14.3. The predicted molar refractivity (Wildman–Crippen MR) is 93.7 cm³/mol. The van der Waals surface area contributed by atoms with E-state index in [1.165, 1.54) is 0 Å². The van der Waals surface area contributed by atoms with Gasteiger partial charge >= 0.3 is 0 Å². The fourth-order valence-electron chi connectivity index (χ4n) is 2.38. The van der Waals surface area contributed by atoms with E-state index in [4.69, 9.17) is 13.6 Å². The van der Waals surface area contributed by atoms with Crippen LogP contribution in [0.1, 0.15) is 17.1 Å². The summed E-state index contributed by atoms with van der Waals surface area (Å²) in [5.41, 5.74) is 0.921. The van der Waals surface area contributed by atoms with E-state index in [9.17, 15) is 4.79 Å². The highest BCUT2D eigenvalue weighted by Crippen LogP contribution is 2.14. The average molecular weight is 337 g/mol. The van der Waals surface area contributed by atoms with Gasteiger partial charge in [-0.1, -0.05) is 12.1 Å². The van der Waals surface area contributed by atoms with Crippen molar-refractivity contribution in [3.8, 4) is 5.75 Å². The molecule has 2 heterocycles. The molecule has 1 aromatic carbocycles. The molecule has 5 nitrogen and oxygen atoms in total. The molecule has 0 saturated heterocycles. The molecule has 0 spiro atoms. The van der Waals surface area contributed by atoms with E-state index in [1.807, 2.05) is 36.4 Å². The second-order valence-corrected chi connectivity index (χ2v) is 5.46. The zero-order chi connectivity index (χ0) is 17.5. The predicted octanol–water partition coefficient (Wildman–Crippen LogP) is 4.12. The lowest BCUT2D eigenvalue weighted by atomic mass is 10.2. The maximum absolute atomic E-state index is 12.6. The Morgan fingerprint density at radius 1 is 1.00 bits per heavy atom. The number of benzene rings is 1. The highest BCUT2D eigenvalue weighted by atomic mass is 16.5. The fraction of sp³-hybridized carbons (Fsp3) is 0.150. The molecule has 25 heavy (non-hydrogen) atoms. The molecular formula is C20H19NO4. The summed E-state index contributed by atoms with van der Waals surface area (Å²) in [5.74, 6) is 2.10. The van der Waals surface area contributed by atoms with E-state index in [0.717, 1.165) is 22.8 Å². The van der Waals surface area contributed by atoms with Crippen molar-refractivity contribution in [3.63, 3.8) is 0 Å². The second-order valence-electron chi connectivity index (χ2n) is 5.46. The molecule has 3 rings (SSSR count). The number of hydrogen-bond acceptors (Lipinski definition) is 4. The third-order valence-corrected chi connectivity index (χ3v) is 3.70. The van der Waals surface area contributed by atoms with Crippen molar-refractivity contribution in [2.75, 3.05) is 7.11 Å². The number of furan rings is 2. The Kier molecular flexibility index (Phi) is 5.36. The highest BCUT2D eigenvalue weighted by molar-refractivity contribution is 5.91. The van der Waals surface area contributed by atoms with Crippen LogP contribution in [0.15, 0.2) is 76.0 Å². The molecule has 0 aliphatic carbocycles. The second kappa shape index (κ2) is 8.06. The first-order chi connectivity index (χ1) is 12.2. The number of rotatable bonds is 7. The summed E-state index contributed by atoms with van der Waals surface area (Å²) in [6, 6.07) is 14.8. The Balaban J connectivity index is 1.71. The van der Waals surface area contributed by atoms with Crippen LogP contribution in [0, 0.1) is 0 Å². The summed E-state index contributed by atoms with van der Waals surface area (Å²) in [6.45, 7) is 0.749. The Hall–Kier alpha value is -3.21. The molecule has 0 saturated carbocycles. The topological polar surface area (TPSA) is 55.8 Å². The monoisotopic (exact) mass is 337 g/mol. The lowest BCUT2D eigenvalue weighted by molar-refractivity contribution is -0.127. The first-order valence-electron chi connectivity index (χ1n) is 7.90. The highest BCUT2D eigenvalue weighted by Gasteiger charge is 2.15. The normalized spacial score (nSPS) is 10.9. The molecule has 0 unspecified atom stereocenters. The molecule has 0 fully saturated rings. The molecule has 0 radical (unpaired) electrons. The van der Waals surface area contributed by atoms with Crippen molar-refractivity contribution in [1.29, 1.82) is 0 Å². The van der Waals surface area contributed by atoms with Crippen LogP contribution in [0.3, 0.4) is 0 Å². The number of carbonyl (C=O) groups excluding carboxylic acids is 1. The number of hydrogen-bond donors (Lipinski definition) is 0. The standard InChI is InChI=1S/C20H19NO4/c1-23-17-9-6-16(7-10-17)8-11-20(22)21(14-18-4-2-12-24-18)15-19-5-3-13-25-19/h2-13H,14-15H2,1H3/b11-8+. The molecule has 0 atom stereocenters. The van der Waals surface area contributed by atoms with Gasteiger partial charge in [-0.3, -0.25) is 4.79 Å². The molecule has 0 N–H and O–H groups in total. The van der Waals surface area contributed by atoms with E-state index in [2.05, 4.69) is 0 Å². The lowest BCUT2D eigenvalue weighted by Crippen LogP contribution is -2.28. The third-order valence-electron chi connectivity index (χ3n) is 3.70. The van der Waals surface area contributed by atoms with Crippen molar-refractivity contribution in [2.45, 2.75) is 13.1 Å². The van der Waals surface area contributed by atoms with Crippen molar-refractivity contribution >= 4 is 12.0 Å². The minimum atomic E-state index is -0.122. The van der Waals surface area contributed by atoms with Crippen LogP contribution in [0.2, 0.25) is 0 Å². The SMILES string of the molecule is COc1ccc(/C=C/C(=O)N(Cc2ccco2)Cc2ccco2)cc1. The molecular weight excluding hydrogens is 318 g/mol. The molecule has 0 aliphatic rings. The van der Waals surface area contributed by atoms with Gasteiger partial charge in [0.25, 0.3) is 0 Å². The summed E-state index contributed by atoms with van der Waals surface area (Å²) in [6.07, 6.45) is 6.52. The third kappa shape index (κ3) is 4.64. The maximum Gasteiger partial charge on any atom is 0.247 e. The largest absolute Gasteiger partial charge is 0.497 e. The van der Waals surface area contributed by atoms with Gasteiger partial charge in [-0.15, -0.1) is 0 Å². The van der Waals surface area contributed by atoms with Crippen LogP contribution in [0.5, 0.6) is 5.75 Å². The van der Waals surface area contributed by atoms with E-state index < -0.39 is 0 Å². The average Bonchev–Trinajstić information content (AvgIpc) is 3.33. The molecule has 0 bridgehead atoms. The lowest BCUT2D eigenvalue weighted by Gasteiger charge is -2.18.